The second-order valence-electron chi connectivity index (χ2n) is 4.61. The molecule has 0 unspecified atom stereocenters. The maximum Gasteiger partial charge on any atom is 0.311 e. The molecule has 0 saturated carbocycles. The number of nitrogens with zero attached hydrogens (tertiary/aromatic N) is 1. The van der Waals surface area contributed by atoms with E-state index in [9.17, 15) is 10.1 Å². The summed E-state index contributed by atoms with van der Waals surface area (Å²) in [5.41, 5.74) is 1.79. The van der Waals surface area contributed by atoms with Gasteiger partial charge in [-0.15, -0.1) is 0 Å². The van der Waals surface area contributed by atoms with Crippen LogP contribution >= 0.6 is 15.9 Å². The molecular weight excluding hydrogens is 336 g/mol. The summed E-state index contributed by atoms with van der Waals surface area (Å²) in [7, 11) is 1.83. The van der Waals surface area contributed by atoms with Gasteiger partial charge >= 0.3 is 5.69 Å². The van der Waals surface area contributed by atoms with E-state index >= 15 is 0 Å². The average molecular weight is 351 g/mol. The van der Waals surface area contributed by atoms with Gasteiger partial charge in [0.2, 0.25) is 5.75 Å². The van der Waals surface area contributed by atoms with E-state index in [0.29, 0.717) is 12.3 Å². The van der Waals surface area contributed by atoms with Crippen LogP contribution in [0.3, 0.4) is 0 Å². The average Bonchev–Trinajstić information content (AvgIpc) is 2.42. The lowest BCUT2D eigenvalue weighted by molar-refractivity contribution is -0.385. The number of nitrogens with one attached hydrogen (secondary N) is 1. The monoisotopic (exact) mass is 350 g/mol. The molecule has 0 heterocycles. The van der Waals surface area contributed by atoms with Gasteiger partial charge in [-0.25, -0.2) is 0 Å². The fraction of sp³-hybridized carbons (Fsp3) is 0.200. The molecule has 0 radical (unpaired) electrons. The van der Waals surface area contributed by atoms with E-state index in [-0.39, 0.29) is 11.4 Å². The standard InChI is InChI=1S/C15H15BrN2O3/c1-10-3-6-13(18(19)20)15(7-10)21-14-8-12(16)5-4-11(14)9-17-2/h3-8,17H,9H2,1-2H3. The summed E-state index contributed by atoms with van der Waals surface area (Å²) < 4.78 is 6.66. The number of hydrogen-bond acceptors (Lipinski definition) is 4. The lowest BCUT2D eigenvalue weighted by Crippen LogP contribution is -2.06. The number of ether oxygens (including phenoxy) is 1. The third-order valence-electron chi connectivity index (χ3n) is 2.93. The van der Waals surface area contributed by atoms with E-state index in [0.717, 1.165) is 15.6 Å². The molecule has 0 aliphatic rings. The van der Waals surface area contributed by atoms with Crippen LogP contribution in [0.2, 0.25) is 0 Å². The summed E-state index contributed by atoms with van der Waals surface area (Å²) in [6, 6.07) is 10.4. The third kappa shape index (κ3) is 3.80. The lowest BCUT2D eigenvalue weighted by atomic mass is 10.2. The Balaban J connectivity index is 2.44. The number of halogens is 1. The topological polar surface area (TPSA) is 64.4 Å². The van der Waals surface area contributed by atoms with Gasteiger partial charge in [-0.3, -0.25) is 10.1 Å². The molecule has 2 aromatic rings. The zero-order chi connectivity index (χ0) is 15.4. The van der Waals surface area contributed by atoms with E-state index in [1.54, 1.807) is 18.2 Å². The van der Waals surface area contributed by atoms with Crippen molar-refractivity contribution in [1.29, 1.82) is 0 Å². The molecule has 0 aromatic heterocycles. The minimum Gasteiger partial charge on any atom is -0.450 e. The number of benzene rings is 2. The van der Waals surface area contributed by atoms with Crippen molar-refractivity contribution in [2.24, 2.45) is 0 Å². The molecule has 0 fully saturated rings. The Morgan fingerprint density at radius 1 is 1.24 bits per heavy atom. The van der Waals surface area contributed by atoms with Crippen molar-refractivity contribution in [2.45, 2.75) is 13.5 Å². The van der Waals surface area contributed by atoms with E-state index in [1.165, 1.54) is 6.07 Å². The van der Waals surface area contributed by atoms with Gasteiger partial charge in [-0.1, -0.05) is 28.1 Å². The maximum absolute atomic E-state index is 11.1. The van der Waals surface area contributed by atoms with Crippen LogP contribution in [0.15, 0.2) is 40.9 Å². The van der Waals surface area contributed by atoms with Crippen LogP contribution in [-0.4, -0.2) is 12.0 Å². The van der Waals surface area contributed by atoms with Crippen LogP contribution in [0.25, 0.3) is 0 Å². The maximum atomic E-state index is 11.1. The normalized spacial score (nSPS) is 10.4. The zero-order valence-electron chi connectivity index (χ0n) is 11.7. The predicted octanol–water partition coefficient (Wildman–Crippen LogP) is 4.18. The highest BCUT2D eigenvalue weighted by molar-refractivity contribution is 9.10. The number of aryl methyl sites for hydroxylation is 1. The zero-order valence-corrected chi connectivity index (χ0v) is 13.3. The van der Waals surface area contributed by atoms with Crippen LogP contribution < -0.4 is 10.1 Å². The number of nitro benzene ring substituents is 1. The lowest BCUT2D eigenvalue weighted by Gasteiger charge is -2.12. The fourth-order valence-corrected chi connectivity index (χ4v) is 2.27. The predicted molar refractivity (Wildman–Crippen MR) is 84.8 cm³/mol. The third-order valence-corrected chi connectivity index (χ3v) is 3.42. The van der Waals surface area contributed by atoms with Gasteiger partial charge in [-0.05, 0) is 37.7 Å². The van der Waals surface area contributed by atoms with Crippen molar-refractivity contribution >= 4 is 21.6 Å². The van der Waals surface area contributed by atoms with Gasteiger partial charge < -0.3 is 10.1 Å². The van der Waals surface area contributed by atoms with E-state index in [2.05, 4.69) is 21.2 Å². The Bertz CT molecular complexity index is 674. The first kappa shape index (κ1) is 15.5. The van der Waals surface area contributed by atoms with Gasteiger partial charge in [0.1, 0.15) is 5.75 Å². The molecule has 1 N–H and O–H groups in total. The minimum atomic E-state index is -0.440. The Hall–Kier alpha value is -1.92. The van der Waals surface area contributed by atoms with Gasteiger partial charge in [0.05, 0.1) is 4.92 Å². The van der Waals surface area contributed by atoms with Crippen LogP contribution in [0.1, 0.15) is 11.1 Å². The summed E-state index contributed by atoms with van der Waals surface area (Å²) in [6.45, 7) is 2.48. The minimum absolute atomic E-state index is 0.0454. The molecule has 0 amide bonds. The summed E-state index contributed by atoms with van der Waals surface area (Å²) in [5.74, 6) is 0.836. The molecule has 0 atom stereocenters. The summed E-state index contributed by atoms with van der Waals surface area (Å²) in [4.78, 5) is 10.7. The van der Waals surface area contributed by atoms with Crippen LogP contribution in [0.5, 0.6) is 11.5 Å². The second-order valence-corrected chi connectivity index (χ2v) is 5.53. The number of rotatable bonds is 5. The summed E-state index contributed by atoms with van der Waals surface area (Å²) in [6.07, 6.45) is 0. The quantitative estimate of drug-likeness (QED) is 0.648. The molecular formula is C15H15BrN2O3. The molecule has 21 heavy (non-hydrogen) atoms. The first-order valence-corrected chi connectivity index (χ1v) is 7.16. The van der Waals surface area contributed by atoms with Crippen LogP contribution in [-0.2, 0) is 6.54 Å². The van der Waals surface area contributed by atoms with E-state index in [4.69, 9.17) is 4.74 Å². The van der Waals surface area contributed by atoms with E-state index in [1.807, 2.05) is 26.1 Å². The molecule has 5 nitrogen and oxygen atoms in total. The van der Waals surface area contributed by atoms with Crippen LogP contribution in [0, 0.1) is 17.0 Å². The van der Waals surface area contributed by atoms with E-state index < -0.39 is 4.92 Å². The Morgan fingerprint density at radius 2 is 2.00 bits per heavy atom. The van der Waals surface area contributed by atoms with Crippen molar-refractivity contribution in [3.8, 4) is 11.5 Å². The molecule has 6 heteroatoms. The number of hydrogen-bond donors (Lipinski definition) is 1. The highest BCUT2D eigenvalue weighted by Crippen LogP contribution is 2.35. The van der Waals surface area contributed by atoms with Crippen molar-refractivity contribution in [2.75, 3.05) is 7.05 Å². The molecule has 0 aliphatic carbocycles. The van der Waals surface area contributed by atoms with Gasteiger partial charge in [0, 0.05) is 22.6 Å². The summed E-state index contributed by atoms with van der Waals surface area (Å²) >= 11 is 3.39. The molecule has 0 spiro atoms. The smallest absolute Gasteiger partial charge is 0.311 e. The summed E-state index contributed by atoms with van der Waals surface area (Å²) in [5, 5.41) is 14.2. The van der Waals surface area contributed by atoms with Gasteiger partial charge in [0.25, 0.3) is 0 Å². The molecule has 2 aromatic carbocycles. The molecule has 2 rings (SSSR count). The Labute approximate surface area is 131 Å². The first-order chi connectivity index (χ1) is 10.0. The SMILES string of the molecule is CNCc1ccc(Br)cc1Oc1cc(C)ccc1[N+](=O)[O-]. The first-order valence-electron chi connectivity index (χ1n) is 6.37. The van der Waals surface area contributed by atoms with Crippen molar-refractivity contribution in [1.82, 2.24) is 5.32 Å². The second kappa shape index (κ2) is 6.69. The fourth-order valence-electron chi connectivity index (χ4n) is 1.93. The Morgan fingerprint density at radius 3 is 2.67 bits per heavy atom. The van der Waals surface area contributed by atoms with Crippen LogP contribution in [0.4, 0.5) is 5.69 Å². The largest absolute Gasteiger partial charge is 0.450 e. The molecule has 0 aliphatic heterocycles. The van der Waals surface area contributed by atoms with Gasteiger partial charge in [-0.2, -0.15) is 0 Å². The molecule has 0 saturated heterocycles. The molecule has 110 valence electrons. The van der Waals surface area contributed by atoms with Gasteiger partial charge in [0.15, 0.2) is 0 Å². The van der Waals surface area contributed by atoms with Crippen molar-refractivity contribution in [3.05, 3.63) is 62.1 Å². The van der Waals surface area contributed by atoms with Crippen molar-refractivity contribution in [3.63, 3.8) is 0 Å². The Kier molecular flexibility index (Phi) is 4.93. The number of nitro groups is 1. The highest BCUT2D eigenvalue weighted by atomic mass is 79.9. The highest BCUT2D eigenvalue weighted by Gasteiger charge is 2.17. The van der Waals surface area contributed by atoms with Crippen molar-refractivity contribution < 1.29 is 9.66 Å². The molecule has 0 bridgehead atoms.